The van der Waals surface area contributed by atoms with Gasteiger partial charge in [0.1, 0.15) is 27.5 Å². The highest BCUT2D eigenvalue weighted by Gasteiger charge is 2.56. The Morgan fingerprint density at radius 1 is 1.33 bits per heavy atom. The molecule has 3 aliphatic rings. The Morgan fingerprint density at radius 3 is 2.70 bits per heavy atom. The molecule has 33 heavy (non-hydrogen) atoms. The quantitative estimate of drug-likeness (QED) is 0.371. The summed E-state index contributed by atoms with van der Waals surface area (Å²) in [6.07, 6.45) is 3.37. The molecule has 3 aromatic rings. The second-order valence-corrected chi connectivity index (χ2v) is 11.6. The molecule has 2 saturated heterocycles. The van der Waals surface area contributed by atoms with E-state index in [1.807, 2.05) is 44.9 Å². The molecule has 9 heteroatoms. The zero-order valence-corrected chi connectivity index (χ0v) is 22.1. The summed E-state index contributed by atoms with van der Waals surface area (Å²) in [7, 11) is 0. The first-order chi connectivity index (χ1) is 15.6. The van der Waals surface area contributed by atoms with Crippen molar-refractivity contribution in [2.75, 3.05) is 12.8 Å². The molecule has 6 rings (SSSR count). The first-order valence-corrected chi connectivity index (χ1v) is 13.3. The number of aromatic nitrogens is 3. The third-order valence-electron chi connectivity index (χ3n) is 6.71. The number of aryl methyl sites for hydroxylation is 2. The minimum absolute atomic E-state index is 0.0508. The van der Waals surface area contributed by atoms with Crippen molar-refractivity contribution in [3.8, 4) is 0 Å². The lowest BCUT2D eigenvalue weighted by Crippen LogP contribution is -2.44. The Labute approximate surface area is 205 Å². The van der Waals surface area contributed by atoms with E-state index in [1.54, 1.807) is 0 Å². The number of hydrogen-bond acceptors (Lipinski definition) is 5. The lowest BCUT2D eigenvalue weighted by Gasteiger charge is -2.39. The van der Waals surface area contributed by atoms with Gasteiger partial charge in [-0.05, 0) is 67.9 Å². The largest absolute Gasteiger partial charge is 0.444 e. The molecule has 3 atom stereocenters. The van der Waals surface area contributed by atoms with Crippen LogP contribution in [-0.4, -0.2) is 50.0 Å². The summed E-state index contributed by atoms with van der Waals surface area (Å²) in [5.74, 6) is 0.925. The smallest absolute Gasteiger partial charge is 0.410 e. The molecular formula is C24H28BrFN4O2S. The molecule has 3 fully saturated rings. The molecule has 2 aromatic heterocycles. The minimum Gasteiger partial charge on any atom is -0.444 e. The van der Waals surface area contributed by atoms with E-state index in [0.717, 1.165) is 45.7 Å². The van der Waals surface area contributed by atoms with Crippen molar-refractivity contribution < 1.29 is 13.9 Å². The van der Waals surface area contributed by atoms with Gasteiger partial charge in [-0.25, -0.2) is 19.2 Å². The fraction of sp³-hybridized carbons (Fsp3) is 0.542. The monoisotopic (exact) mass is 534 g/mol. The number of nitrogens with zero attached hydrogens (tertiary/aromatic N) is 4. The molecule has 1 aliphatic carbocycles. The highest BCUT2D eigenvalue weighted by molar-refractivity contribution is 9.10. The number of thioether (sulfide) groups is 1. The number of pyridine rings is 1. The summed E-state index contributed by atoms with van der Waals surface area (Å²) < 4.78 is 23.7. The zero-order valence-electron chi connectivity index (χ0n) is 19.7. The molecular weight excluding hydrogens is 507 g/mol. The van der Waals surface area contributed by atoms with Crippen LogP contribution in [0.2, 0.25) is 0 Å². The van der Waals surface area contributed by atoms with Crippen LogP contribution in [0.4, 0.5) is 9.18 Å². The average Bonchev–Trinajstić information content (AvgIpc) is 3.43. The van der Waals surface area contributed by atoms with Crippen molar-refractivity contribution in [2.24, 2.45) is 5.92 Å². The molecule has 4 heterocycles. The third kappa shape index (κ3) is 3.45. The van der Waals surface area contributed by atoms with Gasteiger partial charge in [-0.15, -0.1) is 11.8 Å². The zero-order chi connectivity index (χ0) is 23.8. The van der Waals surface area contributed by atoms with Crippen molar-refractivity contribution in [3.05, 3.63) is 27.7 Å². The summed E-state index contributed by atoms with van der Waals surface area (Å²) in [5, 5.41) is 1.49. The molecule has 3 unspecified atom stereocenters. The summed E-state index contributed by atoms with van der Waals surface area (Å²) in [6, 6.07) is 2.14. The van der Waals surface area contributed by atoms with E-state index in [2.05, 4.69) is 32.4 Å². The number of rotatable bonds is 3. The van der Waals surface area contributed by atoms with Crippen molar-refractivity contribution in [1.29, 1.82) is 0 Å². The van der Waals surface area contributed by atoms with Crippen LogP contribution in [0.3, 0.4) is 0 Å². The van der Waals surface area contributed by atoms with Gasteiger partial charge in [0.2, 0.25) is 0 Å². The van der Waals surface area contributed by atoms with Crippen LogP contribution >= 0.6 is 27.7 Å². The maximum absolute atomic E-state index is 15.3. The second kappa shape index (κ2) is 7.83. The van der Waals surface area contributed by atoms with Crippen molar-refractivity contribution >= 4 is 55.7 Å². The van der Waals surface area contributed by atoms with Gasteiger partial charge in [-0.1, -0.05) is 6.92 Å². The maximum Gasteiger partial charge on any atom is 0.410 e. The Balaban J connectivity index is 1.70. The van der Waals surface area contributed by atoms with E-state index in [1.165, 1.54) is 11.8 Å². The van der Waals surface area contributed by atoms with E-state index >= 15 is 4.39 Å². The van der Waals surface area contributed by atoms with Crippen LogP contribution in [0.5, 0.6) is 0 Å². The number of hydrogen-bond donors (Lipinski definition) is 0. The van der Waals surface area contributed by atoms with E-state index in [4.69, 9.17) is 9.72 Å². The lowest BCUT2D eigenvalue weighted by molar-refractivity contribution is 0.0209. The van der Waals surface area contributed by atoms with Gasteiger partial charge < -0.3 is 14.2 Å². The lowest BCUT2D eigenvalue weighted by atomic mass is 9.79. The second-order valence-electron chi connectivity index (χ2n) is 9.97. The first-order valence-electron chi connectivity index (χ1n) is 11.3. The first kappa shape index (κ1) is 22.9. The van der Waals surface area contributed by atoms with Crippen LogP contribution < -0.4 is 0 Å². The van der Waals surface area contributed by atoms with Gasteiger partial charge in [0.15, 0.2) is 5.82 Å². The van der Waals surface area contributed by atoms with Crippen LogP contribution in [0.15, 0.2) is 15.6 Å². The number of ether oxygens (including phenoxy) is 1. The topological polar surface area (TPSA) is 60.2 Å². The highest BCUT2D eigenvalue weighted by Crippen LogP contribution is 2.52. The van der Waals surface area contributed by atoms with E-state index in [9.17, 15) is 4.79 Å². The summed E-state index contributed by atoms with van der Waals surface area (Å²) in [4.78, 5) is 24.4. The van der Waals surface area contributed by atoms with Gasteiger partial charge in [0.05, 0.1) is 22.1 Å². The molecule has 6 nitrogen and oxygen atoms in total. The summed E-state index contributed by atoms with van der Waals surface area (Å²) in [5.41, 5.74) is 2.36. The highest BCUT2D eigenvalue weighted by atomic mass is 79.9. The number of benzene rings is 1. The van der Waals surface area contributed by atoms with Gasteiger partial charge in [0, 0.05) is 24.3 Å². The molecule has 1 saturated carbocycles. The summed E-state index contributed by atoms with van der Waals surface area (Å²) >= 11 is 4.85. The molecule has 2 aliphatic heterocycles. The Hall–Kier alpha value is -1.87. The van der Waals surface area contributed by atoms with Crippen LogP contribution in [-0.2, 0) is 11.2 Å². The van der Waals surface area contributed by atoms with E-state index in [-0.39, 0.29) is 24.0 Å². The number of carbonyl (C=O) groups excluding carboxylic acids is 1. The average molecular weight is 535 g/mol. The maximum atomic E-state index is 15.3. The predicted octanol–water partition coefficient (Wildman–Crippen LogP) is 6.26. The van der Waals surface area contributed by atoms with Crippen molar-refractivity contribution in [3.63, 3.8) is 0 Å². The molecule has 0 N–H and O–H groups in total. The van der Waals surface area contributed by atoms with Crippen molar-refractivity contribution in [1.82, 2.24) is 19.4 Å². The van der Waals surface area contributed by atoms with E-state index < -0.39 is 5.60 Å². The van der Waals surface area contributed by atoms with E-state index in [0.29, 0.717) is 22.5 Å². The van der Waals surface area contributed by atoms with Gasteiger partial charge in [-0.3, -0.25) is 0 Å². The number of carbonyl (C=O) groups is 1. The molecule has 176 valence electrons. The molecule has 2 bridgehead atoms. The molecule has 0 radical (unpaired) electrons. The van der Waals surface area contributed by atoms with Crippen LogP contribution in [0.25, 0.3) is 21.9 Å². The number of amides is 1. The third-order valence-corrected chi connectivity index (χ3v) is 8.35. The fourth-order valence-electron chi connectivity index (χ4n) is 5.29. The normalized spacial score (nSPS) is 22.3. The fourth-order valence-corrected chi connectivity index (χ4v) is 6.11. The van der Waals surface area contributed by atoms with Crippen LogP contribution in [0.1, 0.15) is 51.5 Å². The van der Waals surface area contributed by atoms with Gasteiger partial charge >= 0.3 is 6.09 Å². The van der Waals surface area contributed by atoms with Crippen molar-refractivity contribution in [2.45, 2.75) is 70.2 Å². The Kier molecular flexibility index (Phi) is 5.44. The standard InChI is InChI=1S/C24H28BrFN4O2S/c1-7-15-27-19-21(13-8-11(2)16(25)17(26)18(13)28-22(19)33-6)30(15)20-12-9-14(20)29(10-12)23(31)32-24(3,4)5/h8,12,14,20H,7,9-10H2,1-6H3. The number of imidazole rings is 1. The molecule has 1 amide bonds. The summed E-state index contributed by atoms with van der Waals surface area (Å²) in [6.45, 7) is 10.3. The number of halogens is 2. The minimum atomic E-state index is -0.534. The Morgan fingerprint density at radius 2 is 2.06 bits per heavy atom. The molecule has 0 spiro atoms. The van der Waals surface area contributed by atoms with Gasteiger partial charge in [0.25, 0.3) is 0 Å². The Bertz CT molecular complexity index is 1300. The van der Waals surface area contributed by atoms with Gasteiger partial charge in [-0.2, -0.15) is 0 Å². The number of fused-ring (bicyclic) bond motifs is 4. The SMILES string of the molecule is CCc1nc2c(SC)nc3c(F)c(Br)c(C)cc3c2n1C1C2CC1N(C(=O)OC(C)(C)C)C2. The predicted molar refractivity (Wildman–Crippen MR) is 132 cm³/mol. The van der Waals surface area contributed by atoms with Crippen LogP contribution in [0, 0.1) is 18.7 Å². The molecule has 1 aromatic carbocycles.